The van der Waals surface area contributed by atoms with Crippen LogP contribution in [0.5, 0.6) is 0 Å². The zero-order valence-corrected chi connectivity index (χ0v) is 12.2. The maximum atomic E-state index is 8.50. The van der Waals surface area contributed by atoms with Crippen LogP contribution in [0.25, 0.3) is 0 Å². The molecule has 2 rings (SSSR count). The lowest BCUT2D eigenvalue weighted by molar-refractivity contribution is 0.0554. The molecule has 1 aliphatic heterocycles. The Hall–Kier alpha value is -1.72. The molecule has 0 saturated carbocycles. The van der Waals surface area contributed by atoms with Crippen molar-refractivity contribution in [1.29, 1.82) is 5.26 Å². The predicted molar refractivity (Wildman–Crippen MR) is 78.4 cm³/mol. The molecule has 0 radical (unpaired) electrons. The molecule has 0 aromatic carbocycles. The van der Waals surface area contributed by atoms with Crippen molar-refractivity contribution < 1.29 is 4.74 Å². The Morgan fingerprint density at radius 2 is 2.65 bits per heavy atom. The molecule has 2 heterocycles. The Morgan fingerprint density at radius 1 is 1.75 bits per heavy atom. The zero-order chi connectivity index (χ0) is 14.2. The Morgan fingerprint density at radius 3 is 3.45 bits per heavy atom. The van der Waals surface area contributed by atoms with Crippen molar-refractivity contribution in [3.8, 4) is 6.19 Å². The van der Waals surface area contributed by atoms with Crippen LogP contribution in [-0.2, 0) is 11.2 Å². The topological polar surface area (TPSA) is 98.1 Å². The molecule has 1 atom stereocenters. The second kappa shape index (κ2) is 7.77. The van der Waals surface area contributed by atoms with Gasteiger partial charge in [-0.05, 0) is 0 Å². The number of ether oxygens (including phenoxy) is 1. The first-order chi connectivity index (χ1) is 9.85. The van der Waals surface area contributed by atoms with Crippen LogP contribution in [-0.4, -0.2) is 47.6 Å². The molecule has 0 fully saturated rings. The molecule has 1 aromatic heterocycles. The predicted octanol–water partition coefficient (Wildman–Crippen LogP) is 0.403. The van der Waals surface area contributed by atoms with Crippen LogP contribution in [0.3, 0.4) is 0 Å². The molecule has 1 aromatic rings. The minimum absolute atomic E-state index is 0.0755. The highest BCUT2D eigenvalue weighted by Crippen LogP contribution is 2.27. The van der Waals surface area contributed by atoms with Crippen molar-refractivity contribution >= 4 is 17.7 Å². The molecule has 0 aliphatic carbocycles. The van der Waals surface area contributed by atoms with Crippen molar-refractivity contribution in [2.24, 2.45) is 4.99 Å². The van der Waals surface area contributed by atoms with E-state index in [-0.39, 0.29) is 6.10 Å². The lowest BCUT2D eigenvalue weighted by atomic mass is 10.1. The van der Waals surface area contributed by atoms with Crippen LogP contribution >= 0.6 is 11.8 Å². The van der Waals surface area contributed by atoms with Crippen molar-refractivity contribution in [3.63, 3.8) is 0 Å². The largest absolute Gasteiger partial charge is 0.371 e. The number of guanidine groups is 1. The summed E-state index contributed by atoms with van der Waals surface area (Å²) in [4.78, 5) is 11.4. The normalized spacial score (nSPS) is 18.2. The van der Waals surface area contributed by atoms with Gasteiger partial charge in [0.05, 0.1) is 18.6 Å². The number of aromatic nitrogens is 2. The molecule has 0 amide bonds. The van der Waals surface area contributed by atoms with E-state index in [0.717, 1.165) is 36.8 Å². The van der Waals surface area contributed by atoms with Crippen LogP contribution in [0.1, 0.15) is 17.5 Å². The van der Waals surface area contributed by atoms with Gasteiger partial charge in [0, 0.05) is 37.2 Å². The van der Waals surface area contributed by atoms with Gasteiger partial charge in [0.1, 0.15) is 6.10 Å². The molecule has 108 valence electrons. The minimum atomic E-state index is 0.0755. The Kier molecular flexibility index (Phi) is 5.70. The van der Waals surface area contributed by atoms with Gasteiger partial charge >= 0.3 is 0 Å². The van der Waals surface area contributed by atoms with Gasteiger partial charge < -0.3 is 15.0 Å². The number of thioether (sulfide) groups is 1. The van der Waals surface area contributed by atoms with Crippen molar-refractivity contribution in [1.82, 2.24) is 20.6 Å². The highest BCUT2D eigenvalue weighted by Gasteiger charge is 2.22. The summed E-state index contributed by atoms with van der Waals surface area (Å²) < 4.78 is 5.75. The number of nitrogens with one attached hydrogen (secondary N) is 3. The number of hydrogen-bond acceptors (Lipinski definition) is 5. The Bertz CT molecular complexity index is 494. The van der Waals surface area contributed by atoms with Gasteiger partial charge in [-0.25, -0.2) is 4.98 Å². The van der Waals surface area contributed by atoms with Gasteiger partial charge in [-0.2, -0.15) is 17.0 Å². The number of fused-ring (bicyclic) bond motifs is 1. The minimum Gasteiger partial charge on any atom is -0.371 e. The van der Waals surface area contributed by atoms with Crippen LogP contribution in [0.4, 0.5) is 0 Å². The van der Waals surface area contributed by atoms with E-state index in [4.69, 9.17) is 10.00 Å². The van der Waals surface area contributed by atoms with E-state index >= 15 is 0 Å². The number of aromatic amines is 1. The summed E-state index contributed by atoms with van der Waals surface area (Å²) in [6.07, 6.45) is 4.56. The molecule has 20 heavy (non-hydrogen) atoms. The molecule has 0 saturated heterocycles. The van der Waals surface area contributed by atoms with Gasteiger partial charge in [-0.15, -0.1) is 0 Å². The first-order valence-corrected chi connectivity index (χ1v) is 7.58. The molecule has 8 heteroatoms. The second-order valence-corrected chi connectivity index (χ2v) is 5.34. The van der Waals surface area contributed by atoms with Gasteiger partial charge in [0.2, 0.25) is 5.96 Å². The van der Waals surface area contributed by atoms with Crippen LogP contribution in [0.15, 0.2) is 11.3 Å². The first-order valence-electron chi connectivity index (χ1n) is 6.42. The first kappa shape index (κ1) is 14.7. The summed E-state index contributed by atoms with van der Waals surface area (Å²) in [6, 6.07) is 0. The van der Waals surface area contributed by atoms with E-state index < -0.39 is 0 Å². The fraction of sp³-hybridized carbons (Fsp3) is 0.583. The average molecular weight is 294 g/mol. The van der Waals surface area contributed by atoms with E-state index in [1.807, 2.05) is 6.19 Å². The maximum Gasteiger partial charge on any atom is 0.204 e. The summed E-state index contributed by atoms with van der Waals surface area (Å²) in [5.74, 6) is 2.28. The van der Waals surface area contributed by atoms with E-state index in [0.29, 0.717) is 5.96 Å². The van der Waals surface area contributed by atoms with E-state index in [1.54, 1.807) is 25.1 Å². The summed E-state index contributed by atoms with van der Waals surface area (Å²) in [5, 5.41) is 14.0. The third-order valence-corrected chi connectivity index (χ3v) is 3.96. The third-order valence-electron chi connectivity index (χ3n) is 2.93. The maximum absolute atomic E-state index is 8.50. The summed E-state index contributed by atoms with van der Waals surface area (Å²) in [6.45, 7) is 1.49. The van der Waals surface area contributed by atoms with Gasteiger partial charge in [-0.3, -0.25) is 10.3 Å². The van der Waals surface area contributed by atoms with Crippen molar-refractivity contribution in [2.75, 3.05) is 31.7 Å². The lowest BCUT2D eigenvalue weighted by Gasteiger charge is -2.21. The van der Waals surface area contributed by atoms with E-state index in [1.165, 1.54) is 5.69 Å². The van der Waals surface area contributed by atoms with Crippen molar-refractivity contribution in [3.05, 3.63) is 17.7 Å². The van der Waals surface area contributed by atoms with E-state index in [9.17, 15) is 0 Å². The third kappa shape index (κ3) is 3.88. The van der Waals surface area contributed by atoms with Gasteiger partial charge in [-0.1, -0.05) is 0 Å². The number of aliphatic imine (C=N–C) groups is 1. The fourth-order valence-electron chi connectivity index (χ4n) is 1.98. The number of rotatable bonds is 5. The number of imidazole rings is 1. The van der Waals surface area contributed by atoms with Crippen LogP contribution < -0.4 is 10.6 Å². The summed E-state index contributed by atoms with van der Waals surface area (Å²) >= 11 is 1.79. The number of nitrogens with zero attached hydrogens (tertiary/aromatic N) is 3. The monoisotopic (exact) mass is 294 g/mol. The van der Waals surface area contributed by atoms with Crippen LogP contribution in [0, 0.1) is 11.5 Å². The fourth-order valence-corrected chi connectivity index (χ4v) is 2.86. The highest BCUT2D eigenvalue weighted by atomic mass is 32.2. The van der Waals surface area contributed by atoms with E-state index in [2.05, 4.69) is 25.6 Å². The number of hydrogen-bond donors (Lipinski definition) is 3. The summed E-state index contributed by atoms with van der Waals surface area (Å²) in [5.41, 5.74) is 2.23. The summed E-state index contributed by atoms with van der Waals surface area (Å²) in [7, 11) is 1.63. The van der Waals surface area contributed by atoms with Crippen molar-refractivity contribution in [2.45, 2.75) is 12.5 Å². The molecular formula is C12H18N6OS. The molecule has 1 unspecified atom stereocenters. The molecule has 1 aliphatic rings. The second-order valence-electron chi connectivity index (χ2n) is 4.19. The standard InChI is InChI=1S/C12H18N6OS/c1-14-12(16-7-13)15-3-5-20-6-10-11-9(2-4-19-10)17-8-18-11/h8,10H,2-6H2,1H3,(H,17,18)(H2,14,15,16). The van der Waals surface area contributed by atoms with Crippen LogP contribution in [0.2, 0.25) is 0 Å². The van der Waals surface area contributed by atoms with Gasteiger partial charge in [0.15, 0.2) is 6.19 Å². The Balaban J connectivity index is 1.67. The van der Waals surface area contributed by atoms with Gasteiger partial charge in [0.25, 0.3) is 0 Å². The quantitative estimate of drug-likeness (QED) is 0.239. The SMILES string of the molecule is CN=C(NC#N)NCCSCC1OCCc2[nH]cnc21. The zero-order valence-electron chi connectivity index (χ0n) is 11.3. The molecule has 0 spiro atoms. The smallest absolute Gasteiger partial charge is 0.204 e. The Labute approximate surface area is 122 Å². The molecule has 7 nitrogen and oxygen atoms in total. The molecule has 3 N–H and O–H groups in total. The number of nitriles is 1. The molecule has 0 bridgehead atoms. The number of H-pyrrole nitrogens is 1. The average Bonchev–Trinajstić information content (AvgIpc) is 2.95. The highest BCUT2D eigenvalue weighted by molar-refractivity contribution is 7.99. The molecular weight excluding hydrogens is 276 g/mol. The lowest BCUT2D eigenvalue weighted by Crippen LogP contribution is -2.35.